The van der Waals surface area contributed by atoms with Crippen LogP contribution in [0.15, 0.2) is 58.7 Å². The van der Waals surface area contributed by atoms with E-state index >= 15 is 0 Å². The van der Waals surface area contributed by atoms with Crippen molar-refractivity contribution in [3.8, 4) is 11.3 Å². The van der Waals surface area contributed by atoms with Crippen LogP contribution in [-0.4, -0.2) is 15.7 Å². The Hall–Kier alpha value is -2.73. The number of amides is 1. The summed E-state index contributed by atoms with van der Waals surface area (Å²) in [6.07, 6.45) is 0.939. The lowest BCUT2D eigenvalue weighted by atomic mass is 10.1. The summed E-state index contributed by atoms with van der Waals surface area (Å²) in [7, 11) is 0. The zero-order valence-electron chi connectivity index (χ0n) is 14.6. The molecular formula is C20H21N3O2S. The Morgan fingerprint density at radius 1 is 1.15 bits per heavy atom. The second kappa shape index (κ2) is 8.58. The van der Waals surface area contributed by atoms with E-state index in [9.17, 15) is 9.59 Å². The lowest BCUT2D eigenvalue weighted by Gasteiger charge is -2.08. The molecule has 5 nitrogen and oxygen atoms in total. The van der Waals surface area contributed by atoms with Gasteiger partial charge in [-0.05, 0) is 30.9 Å². The first kappa shape index (κ1) is 18.1. The molecule has 1 N–H and O–H groups in total. The lowest BCUT2D eigenvalue weighted by Crippen LogP contribution is -2.25. The predicted octanol–water partition coefficient (Wildman–Crippen LogP) is 3.38. The summed E-state index contributed by atoms with van der Waals surface area (Å²) in [5.41, 5.74) is 2.75. The standard InChI is InChI=1S/C20H21N3O2S/c1-15-6-8-16(9-7-15)18-10-11-20(25)23(22-18)12-2-5-19(24)21-14-17-4-3-13-26-17/h3-4,6-11,13H,2,5,12,14H2,1H3,(H,21,24). The predicted molar refractivity (Wildman–Crippen MR) is 104 cm³/mol. The summed E-state index contributed by atoms with van der Waals surface area (Å²) >= 11 is 1.62. The lowest BCUT2D eigenvalue weighted by molar-refractivity contribution is -0.121. The third-order valence-electron chi connectivity index (χ3n) is 4.03. The molecule has 0 aliphatic heterocycles. The maximum absolute atomic E-state index is 12.0. The average Bonchev–Trinajstić information content (AvgIpc) is 3.16. The second-order valence-corrected chi connectivity index (χ2v) is 7.14. The SMILES string of the molecule is Cc1ccc(-c2ccc(=O)n(CCCC(=O)NCc3cccs3)n2)cc1. The number of thiophene rings is 1. The summed E-state index contributed by atoms with van der Waals surface area (Å²) in [6.45, 7) is 3.00. The maximum Gasteiger partial charge on any atom is 0.266 e. The molecule has 26 heavy (non-hydrogen) atoms. The van der Waals surface area contributed by atoms with Crippen LogP contribution in [0.1, 0.15) is 23.3 Å². The summed E-state index contributed by atoms with van der Waals surface area (Å²) in [6, 6.07) is 15.2. The highest BCUT2D eigenvalue weighted by Crippen LogP contribution is 2.16. The van der Waals surface area contributed by atoms with Gasteiger partial charge in [-0.3, -0.25) is 9.59 Å². The molecule has 2 aromatic heterocycles. The normalized spacial score (nSPS) is 10.7. The van der Waals surface area contributed by atoms with Crippen LogP contribution in [0.25, 0.3) is 11.3 Å². The molecule has 0 unspecified atom stereocenters. The van der Waals surface area contributed by atoms with Crippen LogP contribution in [-0.2, 0) is 17.9 Å². The number of carbonyl (C=O) groups is 1. The van der Waals surface area contributed by atoms with Crippen molar-refractivity contribution >= 4 is 17.2 Å². The largest absolute Gasteiger partial charge is 0.351 e. The number of rotatable bonds is 7. The fourth-order valence-electron chi connectivity index (χ4n) is 2.56. The van der Waals surface area contributed by atoms with Gasteiger partial charge < -0.3 is 5.32 Å². The first-order valence-corrected chi connectivity index (χ1v) is 9.44. The Kier molecular flexibility index (Phi) is 5.96. The van der Waals surface area contributed by atoms with E-state index in [1.807, 2.05) is 48.7 Å². The molecule has 2 heterocycles. The van der Waals surface area contributed by atoms with Crippen molar-refractivity contribution < 1.29 is 4.79 Å². The van der Waals surface area contributed by atoms with Crippen molar-refractivity contribution in [3.05, 3.63) is 74.7 Å². The molecular weight excluding hydrogens is 346 g/mol. The van der Waals surface area contributed by atoms with Gasteiger partial charge in [-0.1, -0.05) is 35.9 Å². The number of benzene rings is 1. The Morgan fingerprint density at radius 3 is 2.69 bits per heavy atom. The van der Waals surface area contributed by atoms with Crippen LogP contribution in [0.2, 0.25) is 0 Å². The van der Waals surface area contributed by atoms with E-state index in [4.69, 9.17) is 0 Å². The number of aryl methyl sites for hydroxylation is 2. The number of nitrogens with one attached hydrogen (secondary N) is 1. The molecule has 0 fully saturated rings. The van der Waals surface area contributed by atoms with Crippen LogP contribution in [0.4, 0.5) is 0 Å². The number of aromatic nitrogens is 2. The first-order chi connectivity index (χ1) is 12.6. The molecule has 0 saturated heterocycles. The Morgan fingerprint density at radius 2 is 1.96 bits per heavy atom. The smallest absolute Gasteiger partial charge is 0.266 e. The Bertz CT molecular complexity index is 915. The van der Waals surface area contributed by atoms with Crippen molar-refractivity contribution in [2.75, 3.05) is 0 Å². The van der Waals surface area contributed by atoms with Crippen molar-refractivity contribution in [3.63, 3.8) is 0 Å². The molecule has 0 radical (unpaired) electrons. The van der Waals surface area contributed by atoms with E-state index < -0.39 is 0 Å². The maximum atomic E-state index is 12.0. The van der Waals surface area contributed by atoms with E-state index in [-0.39, 0.29) is 11.5 Å². The van der Waals surface area contributed by atoms with E-state index in [2.05, 4.69) is 10.4 Å². The van der Waals surface area contributed by atoms with Gasteiger partial charge >= 0.3 is 0 Å². The van der Waals surface area contributed by atoms with E-state index in [0.717, 1.165) is 16.1 Å². The van der Waals surface area contributed by atoms with Gasteiger partial charge in [0.05, 0.1) is 12.2 Å². The van der Waals surface area contributed by atoms with Crippen LogP contribution in [0, 0.1) is 6.92 Å². The fourth-order valence-corrected chi connectivity index (χ4v) is 3.21. The molecule has 6 heteroatoms. The van der Waals surface area contributed by atoms with Gasteiger partial charge in [0.15, 0.2) is 0 Å². The number of hydrogen-bond acceptors (Lipinski definition) is 4. The Labute approximate surface area is 156 Å². The van der Waals surface area contributed by atoms with Gasteiger partial charge in [-0.2, -0.15) is 5.10 Å². The molecule has 3 aromatic rings. The number of hydrogen-bond donors (Lipinski definition) is 1. The third-order valence-corrected chi connectivity index (χ3v) is 4.90. The van der Waals surface area contributed by atoms with Crippen molar-refractivity contribution in [1.29, 1.82) is 0 Å². The topological polar surface area (TPSA) is 64.0 Å². The van der Waals surface area contributed by atoms with Gasteiger partial charge in [-0.25, -0.2) is 4.68 Å². The number of nitrogens with zero attached hydrogens (tertiary/aromatic N) is 2. The fraction of sp³-hybridized carbons (Fsp3) is 0.250. The first-order valence-electron chi connectivity index (χ1n) is 8.56. The molecule has 1 amide bonds. The van der Waals surface area contributed by atoms with Crippen LogP contribution < -0.4 is 10.9 Å². The summed E-state index contributed by atoms with van der Waals surface area (Å²) in [5, 5.41) is 9.31. The molecule has 0 spiro atoms. The quantitative estimate of drug-likeness (QED) is 0.696. The minimum atomic E-state index is -0.153. The van der Waals surface area contributed by atoms with Gasteiger partial charge in [0, 0.05) is 29.5 Å². The van der Waals surface area contributed by atoms with Crippen molar-refractivity contribution in [2.45, 2.75) is 32.9 Å². The van der Waals surface area contributed by atoms with Gasteiger partial charge in [0.2, 0.25) is 5.91 Å². The van der Waals surface area contributed by atoms with Crippen LogP contribution >= 0.6 is 11.3 Å². The average molecular weight is 367 g/mol. The molecule has 0 bridgehead atoms. The highest BCUT2D eigenvalue weighted by molar-refractivity contribution is 7.09. The molecule has 0 saturated carbocycles. The minimum Gasteiger partial charge on any atom is -0.351 e. The van der Waals surface area contributed by atoms with Gasteiger partial charge in [-0.15, -0.1) is 11.3 Å². The van der Waals surface area contributed by atoms with Crippen LogP contribution in [0.5, 0.6) is 0 Å². The minimum absolute atomic E-state index is 0.0128. The Balaban J connectivity index is 1.55. The molecule has 134 valence electrons. The summed E-state index contributed by atoms with van der Waals surface area (Å²) < 4.78 is 1.43. The zero-order chi connectivity index (χ0) is 18.4. The van der Waals surface area contributed by atoms with Crippen molar-refractivity contribution in [1.82, 2.24) is 15.1 Å². The highest BCUT2D eigenvalue weighted by Gasteiger charge is 2.06. The molecule has 3 rings (SSSR count). The van der Waals surface area contributed by atoms with Crippen molar-refractivity contribution in [2.24, 2.45) is 0 Å². The summed E-state index contributed by atoms with van der Waals surface area (Å²) in [5.74, 6) is -0.0128. The summed E-state index contributed by atoms with van der Waals surface area (Å²) in [4.78, 5) is 25.1. The van der Waals surface area contributed by atoms with Gasteiger partial charge in [0.1, 0.15) is 0 Å². The van der Waals surface area contributed by atoms with Crippen LogP contribution in [0.3, 0.4) is 0 Å². The van der Waals surface area contributed by atoms with Gasteiger partial charge in [0.25, 0.3) is 5.56 Å². The molecule has 0 aliphatic carbocycles. The second-order valence-electron chi connectivity index (χ2n) is 6.11. The molecule has 1 aromatic carbocycles. The third kappa shape index (κ3) is 4.89. The monoisotopic (exact) mass is 367 g/mol. The zero-order valence-corrected chi connectivity index (χ0v) is 15.5. The van der Waals surface area contributed by atoms with E-state index in [0.29, 0.717) is 25.9 Å². The molecule has 0 atom stereocenters. The van der Waals surface area contributed by atoms with E-state index in [1.54, 1.807) is 17.4 Å². The number of carbonyl (C=O) groups excluding carboxylic acids is 1. The highest BCUT2D eigenvalue weighted by atomic mass is 32.1. The van der Waals surface area contributed by atoms with E-state index in [1.165, 1.54) is 16.3 Å². The molecule has 0 aliphatic rings.